The van der Waals surface area contributed by atoms with Crippen molar-refractivity contribution in [3.8, 4) is 5.75 Å². The number of carbonyl (C=O) groups excluding carboxylic acids is 1. The highest BCUT2D eigenvalue weighted by molar-refractivity contribution is 5.93. The molecule has 3 N–H and O–H groups in total. The van der Waals surface area contributed by atoms with Gasteiger partial charge in [-0.15, -0.1) is 0 Å². The molecule has 2 aromatic carbocycles. The van der Waals surface area contributed by atoms with E-state index >= 15 is 0 Å². The minimum absolute atomic E-state index is 0.0729. The Morgan fingerprint density at radius 3 is 2.59 bits per heavy atom. The van der Waals surface area contributed by atoms with Gasteiger partial charge in [0.05, 0.1) is 18.7 Å². The monoisotopic (exact) mass is 298 g/mol. The van der Waals surface area contributed by atoms with Crippen molar-refractivity contribution in [2.75, 3.05) is 17.7 Å². The van der Waals surface area contributed by atoms with E-state index in [1.165, 1.54) is 0 Å². The molecule has 0 saturated carbocycles. The van der Waals surface area contributed by atoms with Crippen LogP contribution in [0.3, 0.4) is 0 Å². The first-order valence-corrected chi connectivity index (χ1v) is 7.55. The normalized spacial score (nSPS) is 10.2. The first-order chi connectivity index (χ1) is 10.7. The van der Waals surface area contributed by atoms with Crippen LogP contribution in [0.5, 0.6) is 5.75 Å². The van der Waals surface area contributed by atoms with Crippen LogP contribution < -0.4 is 15.8 Å². The lowest BCUT2D eigenvalue weighted by molar-refractivity contribution is -0.115. The predicted octanol–water partition coefficient (Wildman–Crippen LogP) is 3.63. The Bertz CT molecular complexity index is 609. The van der Waals surface area contributed by atoms with E-state index in [1.54, 1.807) is 12.1 Å². The van der Waals surface area contributed by atoms with E-state index in [1.807, 2.05) is 36.4 Å². The van der Waals surface area contributed by atoms with Crippen LogP contribution in [-0.4, -0.2) is 12.5 Å². The second-order valence-electron chi connectivity index (χ2n) is 5.16. The van der Waals surface area contributed by atoms with E-state index in [2.05, 4.69) is 12.2 Å². The molecule has 0 aliphatic heterocycles. The molecule has 2 rings (SSSR count). The van der Waals surface area contributed by atoms with Crippen molar-refractivity contribution in [1.29, 1.82) is 0 Å². The summed E-state index contributed by atoms with van der Waals surface area (Å²) in [5, 5.41) is 2.91. The standard InChI is InChI=1S/C18H22N2O2/c1-2-3-12-22-17-7-5-4-6-16(17)20-18(21)13-14-8-10-15(19)11-9-14/h4-11H,2-3,12-13,19H2,1H3,(H,20,21). The SMILES string of the molecule is CCCCOc1ccccc1NC(=O)Cc1ccc(N)cc1. The van der Waals surface area contributed by atoms with E-state index in [9.17, 15) is 4.79 Å². The fourth-order valence-electron chi connectivity index (χ4n) is 2.04. The minimum atomic E-state index is -0.0729. The lowest BCUT2D eigenvalue weighted by Gasteiger charge is -2.12. The molecule has 0 aliphatic carbocycles. The number of para-hydroxylation sites is 2. The molecule has 22 heavy (non-hydrogen) atoms. The number of nitrogens with one attached hydrogen (secondary N) is 1. The molecule has 2 aromatic rings. The van der Waals surface area contributed by atoms with E-state index in [0.717, 1.165) is 18.4 Å². The van der Waals surface area contributed by atoms with Gasteiger partial charge in [0, 0.05) is 5.69 Å². The quantitative estimate of drug-likeness (QED) is 0.606. The molecular formula is C18H22N2O2. The summed E-state index contributed by atoms with van der Waals surface area (Å²) in [6.07, 6.45) is 2.38. The van der Waals surface area contributed by atoms with Crippen LogP contribution in [0.1, 0.15) is 25.3 Å². The minimum Gasteiger partial charge on any atom is -0.491 e. The molecule has 0 atom stereocenters. The summed E-state index contributed by atoms with van der Waals surface area (Å²) in [5.41, 5.74) is 7.97. The van der Waals surface area contributed by atoms with Gasteiger partial charge in [-0.2, -0.15) is 0 Å². The molecule has 0 heterocycles. The zero-order valence-electron chi connectivity index (χ0n) is 12.8. The van der Waals surface area contributed by atoms with Crippen molar-refractivity contribution in [3.63, 3.8) is 0 Å². The Balaban J connectivity index is 1.97. The van der Waals surface area contributed by atoms with Gasteiger partial charge in [0.2, 0.25) is 5.91 Å². The van der Waals surface area contributed by atoms with Crippen molar-refractivity contribution in [2.45, 2.75) is 26.2 Å². The van der Waals surface area contributed by atoms with Gasteiger partial charge in [-0.3, -0.25) is 4.79 Å². The molecule has 0 unspecified atom stereocenters. The highest BCUT2D eigenvalue weighted by atomic mass is 16.5. The van der Waals surface area contributed by atoms with E-state index < -0.39 is 0 Å². The highest BCUT2D eigenvalue weighted by Gasteiger charge is 2.08. The number of carbonyl (C=O) groups is 1. The predicted molar refractivity (Wildman–Crippen MR) is 90.0 cm³/mol. The van der Waals surface area contributed by atoms with Crippen molar-refractivity contribution < 1.29 is 9.53 Å². The summed E-state index contributed by atoms with van der Waals surface area (Å²) >= 11 is 0. The number of rotatable bonds is 7. The summed E-state index contributed by atoms with van der Waals surface area (Å²) in [7, 11) is 0. The third-order valence-electron chi connectivity index (χ3n) is 3.26. The molecule has 0 radical (unpaired) electrons. The maximum Gasteiger partial charge on any atom is 0.228 e. The van der Waals surface area contributed by atoms with Crippen LogP contribution in [0, 0.1) is 0 Å². The Labute approximate surface area is 131 Å². The van der Waals surface area contributed by atoms with Crippen molar-refractivity contribution >= 4 is 17.3 Å². The number of nitrogen functional groups attached to an aromatic ring is 1. The fraction of sp³-hybridized carbons (Fsp3) is 0.278. The Morgan fingerprint density at radius 1 is 1.14 bits per heavy atom. The third-order valence-corrected chi connectivity index (χ3v) is 3.26. The van der Waals surface area contributed by atoms with E-state index in [0.29, 0.717) is 30.2 Å². The average Bonchev–Trinajstić information content (AvgIpc) is 2.51. The number of hydrogen-bond donors (Lipinski definition) is 2. The van der Waals surface area contributed by atoms with Crippen molar-refractivity contribution in [3.05, 3.63) is 54.1 Å². The first kappa shape index (κ1) is 15.9. The van der Waals surface area contributed by atoms with Gasteiger partial charge in [-0.25, -0.2) is 0 Å². The average molecular weight is 298 g/mol. The maximum atomic E-state index is 12.2. The smallest absolute Gasteiger partial charge is 0.228 e. The number of unbranched alkanes of at least 4 members (excludes halogenated alkanes) is 1. The Kier molecular flexibility index (Phi) is 5.83. The molecule has 0 spiro atoms. The summed E-state index contributed by atoms with van der Waals surface area (Å²) < 4.78 is 5.71. The number of ether oxygens (including phenoxy) is 1. The zero-order chi connectivity index (χ0) is 15.8. The Morgan fingerprint density at radius 2 is 1.86 bits per heavy atom. The van der Waals surface area contributed by atoms with Crippen molar-refractivity contribution in [1.82, 2.24) is 0 Å². The topological polar surface area (TPSA) is 64.3 Å². The molecule has 0 saturated heterocycles. The van der Waals surface area contributed by atoms with Gasteiger partial charge in [-0.1, -0.05) is 37.6 Å². The molecule has 0 bridgehead atoms. The van der Waals surface area contributed by atoms with Gasteiger partial charge in [0.25, 0.3) is 0 Å². The van der Waals surface area contributed by atoms with Gasteiger partial charge in [0.15, 0.2) is 0 Å². The van der Waals surface area contributed by atoms with E-state index in [-0.39, 0.29) is 5.91 Å². The van der Waals surface area contributed by atoms with Gasteiger partial charge in [-0.05, 0) is 36.2 Å². The summed E-state index contributed by atoms with van der Waals surface area (Å²) in [4.78, 5) is 12.2. The summed E-state index contributed by atoms with van der Waals surface area (Å²) in [6, 6.07) is 14.8. The lowest BCUT2D eigenvalue weighted by Crippen LogP contribution is -2.15. The molecule has 0 aromatic heterocycles. The number of hydrogen-bond acceptors (Lipinski definition) is 3. The molecule has 1 amide bonds. The number of benzene rings is 2. The van der Waals surface area contributed by atoms with Gasteiger partial charge < -0.3 is 15.8 Å². The maximum absolute atomic E-state index is 12.2. The highest BCUT2D eigenvalue weighted by Crippen LogP contribution is 2.24. The van der Waals surface area contributed by atoms with Crippen LogP contribution in [0.25, 0.3) is 0 Å². The van der Waals surface area contributed by atoms with Crippen LogP contribution in [0.15, 0.2) is 48.5 Å². The van der Waals surface area contributed by atoms with Crippen LogP contribution in [0.4, 0.5) is 11.4 Å². The Hall–Kier alpha value is -2.49. The van der Waals surface area contributed by atoms with Gasteiger partial charge >= 0.3 is 0 Å². The molecule has 0 aliphatic rings. The molecule has 4 nitrogen and oxygen atoms in total. The fourth-order valence-corrected chi connectivity index (χ4v) is 2.04. The van der Waals surface area contributed by atoms with E-state index in [4.69, 9.17) is 10.5 Å². The second-order valence-corrected chi connectivity index (χ2v) is 5.16. The van der Waals surface area contributed by atoms with Crippen LogP contribution in [-0.2, 0) is 11.2 Å². The second kappa shape index (κ2) is 8.08. The zero-order valence-corrected chi connectivity index (χ0v) is 12.8. The number of nitrogens with two attached hydrogens (primary N) is 1. The first-order valence-electron chi connectivity index (χ1n) is 7.55. The largest absolute Gasteiger partial charge is 0.491 e. The van der Waals surface area contributed by atoms with Gasteiger partial charge in [0.1, 0.15) is 5.75 Å². The summed E-state index contributed by atoms with van der Waals surface area (Å²) in [6.45, 7) is 2.77. The molecule has 116 valence electrons. The van der Waals surface area contributed by atoms with Crippen LogP contribution in [0.2, 0.25) is 0 Å². The molecule has 4 heteroatoms. The molecular weight excluding hydrogens is 276 g/mol. The van der Waals surface area contributed by atoms with Crippen LogP contribution >= 0.6 is 0 Å². The lowest BCUT2D eigenvalue weighted by atomic mass is 10.1. The van der Waals surface area contributed by atoms with Crippen molar-refractivity contribution in [2.24, 2.45) is 0 Å². The summed E-state index contributed by atoms with van der Waals surface area (Å²) in [5.74, 6) is 0.637. The number of amides is 1. The number of anilines is 2. The third kappa shape index (κ3) is 4.81. The molecule has 0 fully saturated rings.